The van der Waals surface area contributed by atoms with Gasteiger partial charge in [-0.2, -0.15) is 0 Å². The van der Waals surface area contributed by atoms with Crippen LogP contribution in [0.25, 0.3) is 0 Å². The first-order valence-electron chi connectivity index (χ1n) is 3.99. The van der Waals surface area contributed by atoms with Gasteiger partial charge < -0.3 is 9.47 Å². The van der Waals surface area contributed by atoms with E-state index in [-0.39, 0.29) is 12.3 Å². The van der Waals surface area contributed by atoms with Gasteiger partial charge in [0.05, 0.1) is 6.61 Å². The van der Waals surface area contributed by atoms with Crippen molar-refractivity contribution in [2.24, 2.45) is 5.92 Å². The molecule has 0 amide bonds. The zero-order chi connectivity index (χ0) is 8.27. The van der Waals surface area contributed by atoms with E-state index in [0.717, 1.165) is 12.8 Å². The summed E-state index contributed by atoms with van der Waals surface area (Å²) in [5.74, 6) is 0.0800. The molecule has 1 fully saturated rings. The second kappa shape index (κ2) is 3.72. The molecule has 0 aromatic heterocycles. The van der Waals surface area contributed by atoms with Crippen LogP contribution >= 0.6 is 0 Å². The standard InChI is InChI=1S/C8H14O3/c1-6-4-3-5-10-8(6)11-7(2)9/h6,8H,3-5H2,1-2H3. The molecule has 0 radical (unpaired) electrons. The van der Waals surface area contributed by atoms with Crippen LogP contribution in [0.2, 0.25) is 0 Å². The van der Waals surface area contributed by atoms with E-state index in [2.05, 4.69) is 0 Å². The molecule has 3 heteroatoms. The highest BCUT2D eigenvalue weighted by molar-refractivity contribution is 5.66. The van der Waals surface area contributed by atoms with Gasteiger partial charge in [-0.1, -0.05) is 6.92 Å². The summed E-state index contributed by atoms with van der Waals surface area (Å²) >= 11 is 0. The third kappa shape index (κ3) is 2.50. The third-order valence-corrected chi connectivity index (χ3v) is 1.83. The lowest BCUT2D eigenvalue weighted by atomic mass is 10.0. The van der Waals surface area contributed by atoms with E-state index in [4.69, 9.17) is 9.47 Å². The van der Waals surface area contributed by atoms with Crippen molar-refractivity contribution in [3.05, 3.63) is 0 Å². The fourth-order valence-electron chi connectivity index (χ4n) is 1.22. The van der Waals surface area contributed by atoms with Gasteiger partial charge in [-0.25, -0.2) is 0 Å². The van der Waals surface area contributed by atoms with Crippen molar-refractivity contribution >= 4 is 5.97 Å². The number of carbonyl (C=O) groups excluding carboxylic acids is 1. The molecule has 0 aliphatic carbocycles. The fourth-order valence-corrected chi connectivity index (χ4v) is 1.22. The van der Waals surface area contributed by atoms with Crippen LogP contribution in [0.5, 0.6) is 0 Å². The van der Waals surface area contributed by atoms with Crippen LogP contribution in [0.15, 0.2) is 0 Å². The zero-order valence-corrected chi connectivity index (χ0v) is 7.00. The molecule has 0 aromatic rings. The largest absolute Gasteiger partial charge is 0.436 e. The Morgan fingerprint density at radius 2 is 2.36 bits per heavy atom. The molecule has 1 saturated heterocycles. The molecular formula is C8H14O3. The Bertz CT molecular complexity index is 144. The maximum Gasteiger partial charge on any atom is 0.304 e. The summed E-state index contributed by atoms with van der Waals surface area (Å²) in [4.78, 5) is 10.6. The van der Waals surface area contributed by atoms with Gasteiger partial charge in [-0.15, -0.1) is 0 Å². The van der Waals surface area contributed by atoms with Gasteiger partial charge in [0, 0.05) is 12.8 Å². The van der Waals surface area contributed by atoms with Crippen LogP contribution in [-0.4, -0.2) is 18.9 Å². The molecule has 1 heterocycles. The molecule has 2 unspecified atom stereocenters. The van der Waals surface area contributed by atoms with E-state index in [1.54, 1.807) is 0 Å². The molecule has 0 saturated carbocycles. The fraction of sp³-hybridized carbons (Fsp3) is 0.875. The Labute approximate surface area is 66.7 Å². The Morgan fingerprint density at radius 3 is 2.91 bits per heavy atom. The second-order valence-electron chi connectivity index (χ2n) is 2.97. The summed E-state index contributed by atoms with van der Waals surface area (Å²) in [5, 5.41) is 0. The van der Waals surface area contributed by atoms with Crippen LogP contribution in [-0.2, 0) is 14.3 Å². The molecule has 11 heavy (non-hydrogen) atoms. The monoisotopic (exact) mass is 158 g/mol. The smallest absolute Gasteiger partial charge is 0.304 e. The van der Waals surface area contributed by atoms with E-state index in [0.29, 0.717) is 12.5 Å². The second-order valence-corrected chi connectivity index (χ2v) is 2.97. The number of carbonyl (C=O) groups is 1. The average molecular weight is 158 g/mol. The van der Waals surface area contributed by atoms with Gasteiger partial charge in [-0.3, -0.25) is 4.79 Å². The summed E-state index contributed by atoms with van der Waals surface area (Å²) in [6.45, 7) is 4.15. The maximum absolute atomic E-state index is 10.6. The van der Waals surface area contributed by atoms with Crippen molar-refractivity contribution in [2.75, 3.05) is 6.61 Å². The highest BCUT2D eigenvalue weighted by Crippen LogP contribution is 2.20. The first kappa shape index (κ1) is 8.53. The molecule has 1 aliphatic rings. The summed E-state index contributed by atoms with van der Waals surface area (Å²) in [7, 11) is 0. The van der Waals surface area contributed by atoms with E-state index in [1.807, 2.05) is 6.92 Å². The number of hydrogen-bond acceptors (Lipinski definition) is 3. The molecule has 3 nitrogen and oxygen atoms in total. The number of rotatable bonds is 1. The molecular weight excluding hydrogens is 144 g/mol. The van der Waals surface area contributed by atoms with Crippen LogP contribution in [0.4, 0.5) is 0 Å². The normalized spacial score (nSPS) is 31.5. The summed E-state index contributed by atoms with van der Waals surface area (Å²) in [5.41, 5.74) is 0. The summed E-state index contributed by atoms with van der Waals surface area (Å²) < 4.78 is 10.2. The minimum absolute atomic E-state index is 0.260. The first-order valence-corrected chi connectivity index (χ1v) is 3.99. The van der Waals surface area contributed by atoms with Gasteiger partial charge in [0.2, 0.25) is 6.29 Å². The molecule has 0 N–H and O–H groups in total. The van der Waals surface area contributed by atoms with Gasteiger partial charge in [-0.05, 0) is 12.8 Å². The molecule has 0 aromatic carbocycles. The molecule has 0 spiro atoms. The predicted molar refractivity (Wildman–Crippen MR) is 39.9 cm³/mol. The zero-order valence-electron chi connectivity index (χ0n) is 7.00. The Hall–Kier alpha value is -0.570. The van der Waals surface area contributed by atoms with Crippen LogP contribution < -0.4 is 0 Å². The molecule has 0 bridgehead atoms. The predicted octanol–water partition coefficient (Wildman–Crippen LogP) is 1.32. The minimum Gasteiger partial charge on any atom is -0.436 e. The first-order chi connectivity index (χ1) is 5.20. The topological polar surface area (TPSA) is 35.5 Å². The number of hydrogen-bond donors (Lipinski definition) is 0. The van der Waals surface area contributed by atoms with Crippen molar-refractivity contribution in [1.82, 2.24) is 0 Å². The Balaban J connectivity index is 2.35. The van der Waals surface area contributed by atoms with Gasteiger partial charge in [0.25, 0.3) is 0 Å². The Morgan fingerprint density at radius 1 is 1.64 bits per heavy atom. The lowest BCUT2D eigenvalue weighted by molar-refractivity contribution is -0.198. The van der Waals surface area contributed by atoms with E-state index < -0.39 is 0 Å². The molecule has 64 valence electrons. The quantitative estimate of drug-likeness (QED) is 0.540. The Kier molecular flexibility index (Phi) is 2.88. The SMILES string of the molecule is CC(=O)OC1OCCCC1C. The summed E-state index contributed by atoms with van der Waals surface area (Å²) in [6.07, 6.45) is 1.85. The number of esters is 1. The average Bonchev–Trinajstić information content (AvgIpc) is 1.93. The highest BCUT2D eigenvalue weighted by atomic mass is 16.7. The van der Waals surface area contributed by atoms with E-state index in [9.17, 15) is 4.79 Å². The van der Waals surface area contributed by atoms with Crippen LogP contribution in [0, 0.1) is 5.92 Å². The lowest BCUT2D eigenvalue weighted by Gasteiger charge is -2.27. The van der Waals surface area contributed by atoms with Crippen molar-refractivity contribution in [3.63, 3.8) is 0 Å². The maximum atomic E-state index is 10.6. The lowest BCUT2D eigenvalue weighted by Crippen LogP contribution is -2.31. The molecule has 1 aliphatic heterocycles. The highest BCUT2D eigenvalue weighted by Gasteiger charge is 2.24. The molecule has 2 atom stereocenters. The van der Waals surface area contributed by atoms with Crippen molar-refractivity contribution in [1.29, 1.82) is 0 Å². The van der Waals surface area contributed by atoms with Crippen molar-refractivity contribution < 1.29 is 14.3 Å². The van der Waals surface area contributed by atoms with Crippen LogP contribution in [0.3, 0.4) is 0 Å². The van der Waals surface area contributed by atoms with Gasteiger partial charge in [0.1, 0.15) is 0 Å². The van der Waals surface area contributed by atoms with E-state index in [1.165, 1.54) is 6.92 Å². The number of ether oxygens (including phenoxy) is 2. The molecule has 1 rings (SSSR count). The third-order valence-electron chi connectivity index (χ3n) is 1.83. The van der Waals surface area contributed by atoms with Gasteiger partial charge in [0.15, 0.2) is 0 Å². The van der Waals surface area contributed by atoms with Gasteiger partial charge >= 0.3 is 5.97 Å². The summed E-state index contributed by atoms with van der Waals surface area (Å²) in [6, 6.07) is 0. The van der Waals surface area contributed by atoms with Crippen molar-refractivity contribution in [3.8, 4) is 0 Å². The van der Waals surface area contributed by atoms with E-state index >= 15 is 0 Å². The van der Waals surface area contributed by atoms with Crippen LogP contribution in [0.1, 0.15) is 26.7 Å². The minimum atomic E-state index is -0.304. The van der Waals surface area contributed by atoms with Crippen molar-refractivity contribution in [2.45, 2.75) is 33.0 Å².